The van der Waals surface area contributed by atoms with E-state index in [9.17, 15) is 0 Å². The van der Waals surface area contributed by atoms with Crippen LogP contribution in [0.4, 0.5) is 0 Å². The molecule has 2 rings (SSSR count). The summed E-state index contributed by atoms with van der Waals surface area (Å²) in [4.78, 5) is 2.51. The van der Waals surface area contributed by atoms with Crippen molar-refractivity contribution < 1.29 is 0 Å². The molecule has 0 amide bonds. The summed E-state index contributed by atoms with van der Waals surface area (Å²) < 4.78 is 8.10. The van der Waals surface area contributed by atoms with Crippen LogP contribution >= 0.6 is 11.7 Å². The summed E-state index contributed by atoms with van der Waals surface area (Å²) in [7, 11) is 0. The number of nitrogens with zero attached hydrogens (tertiary/aromatic N) is 3. The van der Waals surface area contributed by atoms with E-state index in [4.69, 9.17) is 0 Å². The monoisotopic (exact) mass is 212 g/mol. The van der Waals surface area contributed by atoms with Crippen molar-refractivity contribution in [2.45, 2.75) is 19.4 Å². The van der Waals surface area contributed by atoms with E-state index in [1.54, 1.807) is 0 Å². The molecule has 2 heterocycles. The van der Waals surface area contributed by atoms with Crippen LogP contribution in [0.25, 0.3) is 0 Å². The maximum absolute atomic E-state index is 4.14. The van der Waals surface area contributed by atoms with E-state index in [0.29, 0.717) is 0 Å². The zero-order valence-electron chi connectivity index (χ0n) is 8.28. The van der Waals surface area contributed by atoms with E-state index in [0.717, 1.165) is 25.3 Å². The molecule has 1 aliphatic heterocycles. The van der Waals surface area contributed by atoms with Gasteiger partial charge in [-0.05, 0) is 25.9 Å². The van der Waals surface area contributed by atoms with Crippen LogP contribution in [0.3, 0.4) is 0 Å². The Morgan fingerprint density at radius 1 is 1.43 bits per heavy atom. The molecule has 0 aliphatic carbocycles. The lowest BCUT2D eigenvalue weighted by molar-refractivity contribution is 0.335. The summed E-state index contributed by atoms with van der Waals surface area (Å²) in [5, 5.41) is 3.38. The Labute approximate surface area is 88.7 Å². The molecule has 1 fully saturated rings. The summed E-state index contributed by atoms with van der Waals surface area (Å²) in [6, 6.07) is 0. The third kappa shape index (κ3) is 3.01. The van der Waals surface area contributed by atoms with Crippen LogP contribution < -0.4 is 5.32 Å². The minimum atomic E-state index is 0.852. The van der Waals surface area contributed by atoms with Gasteiger partial charge in [-0.1, -0.05) is 0 Å². The van der Waals surface area contributed by atoms with E-state index >= 15 is 0 Å². The number of rotatable bonds is 5. The van der Waals surface area contributed by atoms with Gasteiger partial charge in [-0.2, -0.15) is 8.75 Å². The Balaban J connectivity index is 1.55. The number of nitrogens with one attached hydrogen (secondary N) is 1. The van der Waals surface area contributed by atoms with Gasteiger partial charge in [0.2, 0.25) is 0 Å². The molecule has 0 bridgehead atoms. The second kappa shape index (κ2) is 5.38. The van der Waals surface area contributed by atoms with E-state index in [1.807, 2.05) is 6.20 Å². The van der Waals surface area contributed by atoms with Crippen molar-refractivity contribution in [2.24, 2.45) is 0 Å². The van der Waals surface area contributed by atoms with Gasteiger partial charge in [0.1, 0.15) is 0 Å². The van der Waals surface area contributed by atoms with Crippen LogP contribution in [0, 0.1) is 0 Å². The summed E-state index contributed by atoms with van der Waals surface area (Å²) in [6.07, 6.45) is 4.57. The van der Waals surface area contributed by atoms with E-state index in [-0.39, 0.29) is 0 Å². The molecule has 1 aromatic heterocycles. The zero-order chi connectivity index (χ0) is 9.64. The fourth-order valence-corrected chi connectivity index (χ4v) is 2.15. The summed E-state index contributed by atoms with van der Waals surface area (Å²) in [5.74, 6) is 0. The zero-order valence-corrected chi connectivity index (χ0v) is 9.09. The Kier molecular flexibility index (Phi) is 3.85. The smallest absolute Gasteiger partial charge is 0.0880 e. The van der Waals surface area contributed by atoms with Gasteiger partial charge in [-0.15, -0.1) is 0 Å². The average Bonchev–Trinajstić information content (AvgIpc) is 2.86. The Bertz CT molecular complexity index is 243. The highest BCUT2D eigenvalue weighted by Crippen LogP contribution is 2.05. The Hall–Kier alpha value is -0.520. The van der Waals surface area contributed by atoms with Crippen molar-refractivity contribution in [1.29, 1.82) is 0 Å². The van der Waals surface area contributed by atoms with Crippen LogP contribution in [0.2, 0.25) is 0 Å². The highest BCUT2D eigenvalue weighted by atomic mass is 32.1. The molecular weight excluding hydrogens is 196 g/mol. The first-order valence-corrected chi connectivity index (χ1v) is 5.88. The van der Waals surface area contributed by atoms with Gasteiger partial charge in [0, 0.05) is 19.6 Å². The summed E-state index contributed by atoms with van der Waals surface area (Å²) in [6.45, 7) is 5.62. The highest BCUT2D eigenvalue weighted by molar-refractivity contribution is 6.99. The molecule has 1 N–H and O–H groups in total. The van der Waals surface area contributed by atoms with Gasteiger partial charge in [0.05, 0.1) is 23.6 Å². The van der Waals surface area contributed by atoms with Gasteiger partial charge in [0.25, 0.3) is 0 Å². The first kappa shape index (κ1) is 10.0. The lowest BCUT2D eigenvalue weighted by Crippen LogP contribution is -2.29. The Morgan fingerprint density at radius 2 is 2.29 bits per heavy atom. The number of hydrogen-bond donors (Lipinski definition) is 1. The fraction of sp³-hybridized carbons (Fsp3) is 0.778. The molecule has 1 saturated heterocycles. The summed E-state index contributed by atoms with van der Waals surface area (Å²) in [5.41, 5.74) is 1.05. The molecule has 4 nitrogen and oxygen atoms in total. The third-order valence-electron chi connectivity index (χ3n) is 2.52. The Morgan fingerprint density at radius 3 is 3.00 bits per heavy atom. The van der Waals surface area contributed by atoms with Crippen LogP contribution in [-0.4, -0.2) is 39.8 Å². The molecule has 0 saturated carbocycles. The van der Waals surface area contributed by atoms with Crippen molar-refractivity contribution >= 4 is 11.7 Å². The molecule has 0 spiro atoms. The average molecular weight is 212 g/mol. The minimum Gasteiger partial charge on any atom is -0.310 e. The van der Waals surface area contributed by atoms with Crippen LogP contribution in [-0.2, 0) is 6.54 Å². The molecule has 0 radical (unpaired) electrons. The van der Waals surface area contributed by atoms with Crippen LogP contribution in [0.15, 0.2) is 6.20 Å². The van der Waals surface area contributed by atoms with Crippen molar-refractivity contribution in [3.63, 3.8) is 0 Å². The normalized spacial score (nSPS) is 17.7. The largest absolute Gasteiger partial charge is 0.310 e. The maximum atomic E-state index is 4.14. The molecular formula is C9H16N4S. The number of hydrogen-bond acceptors (Lipinski definition) is 5. The number of aromatic nitrogens is 2. The quantitative estimate of drug-likeness (QED) is 0.730. The molecule has 5 heteroatoms. The van der Waals surface area contributed by atoms with Gasteiger partial charge >= 0.3 is 0 Å². The van der Waals surface area contributed by atoms with E-state index in [1.165, 1.54) is 37.7 Å². The van der Waals surface area contributed by atoms with Crippen LogP contribution in [0.5, 0.6) is 0 Å². The second-order valence-corrected chi connectivity index (χ2v) is 4.18. The van der Waals surface area contributed by atoms with Crippen molar-refractivity contribution in [3.05, 3.63) is 11.9 Å². The first-order chi connectivity index (χ1) is 6.95. The van der Waals surface area contributed by atoms with Crippen molar-refractivity contribution in [2.75, 3.05) is 26.2 Å². The molecule has 0 unspecified atom stereocenters. The SMILES string of the molecule is c1nsnc1CNCCN1CCCC1. The number of likely N-dealkylation sites (tertiary alicyclic amines) is 1. The molecule has 1 aromatic rings. The van der Waals surface area contributed by atoms with Gasteiger partial charge in [0.15, 0.2) is 0 Å². The molecule has 14 heavy (non-hydrogen) atoms. The molecule has 0 aromatic carbocycles. The standard InChI is InChI=1S/C9H16N4S/c1-2-5-13(4-1)6-3-10-7-9-8-11-14-12-9/h8,10H,1-7H2. The lowest BCUT2D eigenvalue weighted by atomic mass is 10.4. The lowest BCUT2D eigenvalue weighted by Gasteiger charge is -2.14. The van der Waals surface area contributed by atoms with Gasteiger partial charge in [-0.3, -0.25) is 0 Å². The van der Waals surface area contributed by atoms with Gasteiger partial charge < -0.3 is 10.2 Å². The maximum Gasteiger partial charge on any atom is 0.0880 e. The van der Waals surface area contributed by atoms with E-state index < -0.39 is 0 Å². The third-order valence-corrected chi connectivity index (χ3v) is 3.03. The molecule has 78 valence electrons. The van der Waals surface area contributed by atoms with Gasteiger partial charge in [-0.25, -0.2) is 0 Å². The van der Waals surface area contributed by atoms with Crippen LogP contribution in [0.1, 0.15) is 18.5 Å². The van der Waals surface area contributed by atoms with Crippen molar-refractivity contribution in [3.8, 4) is 0 Å². The minimum absolute atomic E-state index is 0.852. The summed E-state index contributed by atoms with van der Waals surface area (Å²) >= 11 is 1.27. The topological polar surface area (TPSA) is 41.1 Å². The molecule has 1 aliphatic rings. The predicted octanol–water partition coefficient (Wildman–Crippen LogP) is 0.723. The highest BCUT2D eigenvalue weighted by Gasteiger charge is 2.09. The predicted molar refractivity (Wildman–Crippen MR) is 57.3 cm³/mol. The van der Waals surface area contributed by atoms with Crippen molar-refractivity contribution in [1.82, 2.24) is 19.0 Å². The van der Waals surface area contributed by atoms with E-state index in [2.05, 4.69) is 19.0 Å². The molecule has 0 atom stereocenters. The fourth-order valence-electron chi connectivity index (χ4n) is 1.72. The first-order valence-electron chi connectivity index (χ1n) is 5.14. The second-order valence-electron chi connectivity index (χ2n) is 3.62.